The predicted octanol–water partition coefficient (Wildman–Crippen LogP) is 13.0. The zero-order valence-corrected chi connectivity index (χ0v) is 20.3. The Balaban J connectivity index is 4.49. The van der Waals surface area contributed by atoms with Crippen LogP contribution in [0.3, 0.4) is 0 Å². The van der Waals surface area contributed by atoms with Crippen molar-refractivity contribution in [3.8, 4) is 0 Å². The molecule has 0 saturated heterocycles. The Kier molecular flexibility index (Phi) is 9.64. The molecule has 0 bridgehead atoms. The van der Waals surface area contributed by atoms with Crippen LogP contribution in [-0.2, 0) is 13.6 Å². The van der Waals surface area contributed by atoms with Crippen LogP contribution in [-0.4, -0.2) is 19.1 Å². The number of rotatable bonds is 3. The highest BCUT2D eigenvalue weighted by Gasteiger charge is 2.51. The van der Waals surface area contributed by atoms with Crippen LogP contribution in [0.1, 0.15) is 0 Å². The van der Waals surface area contributed by atoms with Gasteiger partial charge in [0, 0.05) is 0 Å². The van der Waals surface area contributed by atoms with E-state index in [4.69, 9.17) is 0 Å². The van der Waals surface area contributed by atoms with E-state index in [2.05, 4.69) is 13.6 Å². The molecule has 33 heteroatoms. The van der Waals surface area contributed by atoms with Gasteiger partial charge in [-0.3, -0.25) is 0 Å². The van der Waals surface area contributed by atoms with Crippen molar-refractivity contribution in [1.29, 1.82) is 0 Å². The molecule has 0 radical (unpaired) electrons. The summed E-state index contributed by atoms with van der Waals surface area (Å²) in [5.41, 5.74) is 0. The molecule has 1 aliphatic rings. The van der Waals surface area contributed by atoms with E-state index in [1.807, 2.05) is 0 Å². The first kappa shape index (κ1) is 34.0. The molecule has 1 aliphatic heterocycles. The smallest absolute Gasteiger partial charge is 0.207 e. The standard InChI is InChI=1S/C3F18N6O3P6/c4-1(5,6)28-34(19)24-32(15,16)22-31(13,14)23-33(17,18)25-35(20,29-2(7,8)9)27-36(21,26-34)30-3(10,11)12. The summed E-state index contributed by atoms with van der Waals surface area (Å²) in [6.07, 6.45) is -20.1. The number of nitrogens with zero attached hydrogens (tertiary/aromatic N) is 6. The van der Waals surface area contributed by atoms with E-state index in [0.29, 0.717) is 0 Å². The van der Waals surface area contributed by atoms with Gasteiger partial charge in [-0.2, -0.15) is 12.6 Å². The Morgan fingerprint density at radius 1 is 0.333 bits per heavy atom. The molecule has 3 unspecified atom stereocenters. The molecule has 9 nitrogen and oxygen atoms in total. The highest BCUT2D eigenvalue weighted by Crippen LogP contribution is 2.83. The molecule has 216 valence electrons. The summed E-state index contributed by atoms with van der Waals surface area (Å²) in [6, 6.07) is 0. The van der Waals surface area contributed by atoms with E-state index >= 15 is 0 Å². The highest BCUT2D eigenvalue weighted by molar-refractivity contribution is 7.78. The summed E-state index contributed by atoms with van der Waals surface area (Å²) in [7, 11) is -47.3. The first-order valence-corrected chi connectivity index (χ1v) is 15.7. The van der Waals surface area contributed by atoms with Gasteiger partial charge in [-0.05, 0) is 0 Å². The molecule has 0 N–H and O–H groups in total. The summed E-state index contributed by atoms with van der Waals surface area (Å²) < 4.78 is 248. The zero-order chi connectivity index (χ0) is 28.9. The highest BCUT2D eigenvalue weighted by atomic mass is 31.3. The molecular weight excluding hydrogens is 696 g/mol. The first-order chi connectivity index (χ1) is 15.4. The maximum absolute atomic E-state index is 14.6. The van der Waals surface area contributed by atoms with E-state index in [9.17, 15) is 77.3 Å². The third-order valence-corrected chi connectivity index (χ3v) is 13.7. The molecule has 0 aromatic carbocycles. The van der Waals surface area contributed by atoms with Crippen molar-refractivity contribution < 1.29 is 90.9 Å². The lowest BCUT2D eigenvalue weighted by Crippen LogP contribution is -2.12. The second kappa shape index (κ2) is 10.2. The van der Waals surface area contributed by atoms with E-state index in [-0.39, 0.29) is 0 Å². The van der Waals surface area contributed by atoms with Gasteiger partial charge in [0.25, 0.3) is 0 Å². The van der Waals surface area contributed by atoms with Crippen LogP contribution >= 0.6 is 46.7 Å². The normalized spacial score (nSPS) is 33.2. The molecule has 0 saturated carbocycles. The van der Waals surface area contributed by atoms with E-state index in [1.54, 1.807) is 0 Å². The largest absolute Gasteiger partial charge is 0.530 e. The molecule has 1 heterocycles. The molecule has 0 aromatic heterocycles. The average Bonchev–Trinajstić information content (AvgIpc) is 2.30. The summed E-state index contributed by atoms with van der Waals surface area (Å²) in [5.74, 6) is 0. The van der Waals surface area contributed by atoms with Gasteiger partial charge in [0.1, 0.15) is 0 Å². The Morgan fingerprint density at radius 3 is 0.861 bits per heavy atom. The third-order valence-electron chi connectivity index (χ3n) is 1.97. The Labute approximate surface area is 184 Å². The lowest BCUT2D eigenvalue weighted by molar-refractivity contribution is -0.275. The molecule has 1 rings (SSSR count). The van der Waals surface area contributed by atoms with Crippen LogP contribution in [0.2, 0.25) is 0 Å². The van der Waals surface area contributed by atoms with E-state index in [1.165, 1.54) is 0 Å². The maximum Gasteiger partial charge on any atom is 0.530 e. The quantitative estimate of drug-likeness (QED) is 0.217. The second-order valence-corrected chi connectivity index (χ2v) is 15.3. The summed E-state index contributed by atoms with van der Waals surface area (Å²) in [5, 5.41) is 0. The van der Waals surface area contributed by atoms with E-state index in [0.717, 1.165) is 27.1 Å². The zero-order valence-electron chi connectivity index (χ0n) is 14.9. The Morgan fingerprint density at radius 2 is 0.556 bits per heavy atom. The van der Waals surface area contributed by atoms with Crippen molar-refractivity contribution in [2.75, 3.05) is 0 Å². The van der Waals surface area contributed by atoms with E-state index < -0.39 is 65.8 Å². The third kappa shape index (κ3) is 12.7. The van der Waals surface area contributed by atoms with Gasteiger partial charge >= 0.3 is 65.8 Å². The fourth-order valence-corrected chi connectivity index (χ4v) is 12.2. The molecule has 0 aromatic rings. The van der Waals surface area contributed by atoms with Crippen LogP contribution in [0.5, 0.6) is 0 Å². The second-order valence-electron chi connectivity index (χ2n) is 4.93. The Hall–Kier alpha value is -0.000000000000000222. The van der Waals surface area contributed by atoms with Gasteiger partial charge in [-0.1, -0.05) is 0 Å². The Bertz CT molecular complexity index is 1170. The van der Waals surface area contributed by atoms with Crippen LogP contribution in [0, 0.1) is 0 Å². The average molecular weight is 696 g/mol. The fraction of sp³-hybridized carbons (Fsp3) is 1.00. The number of alkyl halides is 9. The van der Waals surface area contributed by atoms with Crippen LogP contribution in [0.25, 0.3) is 0 Å². The first-order valence-electron chi connectivity index (χ1n) is 6.78. The minimum absolute atomic E-state index is 0.854. The topological polar surface area (TPSA) is 102 Å². The fourth-order valence-electron chi connectivity index (χ4n) is 1.41. The van der Waals surface area contributed by atoms with Crippen LogP contribution in [0.4, 0.5) is 77.3 Å². The van der Waals surface area contributed by atoms with Crippen LogP contribution in [0.15, 0.2) is 27.1 Å². The summed E-state index contributed by atoms with van der Waals surface area (Å²) in [6.45, 7) is 0. The summed E-state index contributed by atoms with van der Waals surface area (Å²) >= 11 is 0. The predicted molar refractivity (Wildman–Crippen MR) is 87.5 cm³/mol. The molecular formula is C3F18N6O3P6. The lowest BCUT2D eigenvalue weighted by Gasteiger charge is -2.20. The molecule has 0 amide bonds. The summed E-state index contributed by atoms with van der Waals surface area (Å²) in [4.78, 5) is 0. The van der Waals surface area contributed by atoms with Gasteiger partial charge in [-0.25, -0.2) is 13.6 Å². The number of halogens is 18. The van der Waals surface area contributed by atoms with Crippen molar-refractivity contribution in [1.82, 2.24) is 0 Å². The van der Waals surface area contributed by atoms with Gasteiger partial charge < -0.3 is 0 Å². The van der Waals surface area contributed by atoms with Gasteiger partial charge in [-0.15, -0.1) is 91.8 Å². The van der Waals surface area contributed by atoms with Crippen LogP contribution < -0.4 is 0 Å². The van der Waals surface area contributed by atoms with Crippen molar-refractivity contribution in [3.63, 3.8) is 0 Å². The molecule has 36 heavy (non-hydrogen) atoms. The molecule has 0 aliphatic carbocycles. The van der Waals surface area contributed by atoms with Crippen molar-refractivity contribution in [2.45, 2.75) is 19.1 Å². The monoisotopic (exact) mass is 696 g/mol. The van der Waals surface area contributed by atoms with Gasteiger partial charge in [0.05, 0.1) is 0 Å². The van der Waals surface area contributed by atoms with Crippen molar-refractivity contribution in [2.24, 2.45) is 27.1 Å². The minimum atomic E-state index is -8.05. The lowest BCUT2D eigenvalue weighted by atomic mass is 11.4. The van der Waals surface area contributed by atoms with Gasteiger partial charge in [0.2, 0.25) is 0 Å². The van der Waals surface area contributed by atoms with Crippen molar-refractivity contribution in [3.05, 3.63) is 0 Å². The number of hydrogen-bond acceptors (Lipinski definition) is 9. The number of hydrogen-bond donors (Lipinski definition) is 0. The maximum atomic E-state index is 14.6. The van der Waals surface area contributed by atoms with Gasteiger partial charge in [0.15, 0.2) is 0 Å². The molecule has 0 spiro atoms. The minimum Gasteiger partial charge on any atom is -0.207 e. The SMILES string of the molecule is FC(F)(F)OP1(F)=NP(F)(F)=NP(F)(F)=NP(F)(F)=NP(F)(OC(F)(F)F)=NP(F)(OC(F)(F)F)=N1. The van der Waals surface area contributed by atoms with Crippen molar-refractivity contribution >= 4 is 46.7 Å². The molecule has 3 atom stereocenters. The molecule has 0 fully saturated rings.